The average molecular weight is 170 g/mol. The van der Waals surface area contributed by atoms with Crippen LogP contribution in [0.4, 0.5) is 0 Å². The third-order valence-corrected chi connectivity index (χ3v) is 0. The quantitative estimate of drug-likeness (QED) is 0.251. The Kier molecular flexibility index (Phi) is 13.9. The molecule has 7 heteroatoms. The van der Waals surface area contributed by atoms with E-state index in [-0.39, 0.29) is 63.8 Å². The molecule has 0 amide bonds. The van der Waals surface area contributed by atoms with Gasteiger partial charge in [-0.25, -0.2) is 4.57 Å². The molecule has 0 aromatic rings. The molecule has 4 nitrogen and oxygen atoms in total. The fourth-order valence-corrected chi connectivity index (χ4v) is 0. The van der Waals surface area contributed by atoms with Crippen LogP contribution in [0, 0.1) is 0 Å². The Balaban J connectivity index is -0.0000000267. The topological polar surface area (TPSA) is 77.8 Å². The molecule has 0 bridgehead atoms. The number of hydrogen-bond donors (Lipinski definition) is 3. The molecule has 3 N–H and O–H groups in total. The predicted molar refractivity (Wildman–Crippen MR) is 26.7 cm³/mol. The van der Waals surface area contributed by atoms with E-state index in [0.29, 0.717) is 0 Å². The van der Waals surface area contributed by atoms with Gasteiger partial charge in [-0.05, 0) is 11.0 Å². The third kappa shape index (κ3) is 73.5. The molecule has 0 aliphatic rings. The number of rotatable bonds is 0. The zero-order valence-corrected chi connectivity index (χ0v) is 7.21. The molecule has 0 rings (SSSR count). The summed E-state index contributed by atoms with van der Waals surface area (Å²) < 4.78 is 8.88. The van der Waals surface area contributed by atoms with Crippen LogP contribution in [0.1, 0.15) is 1.43 Å². The number of hydrogen-bond acceptors (Lipinski definition) is 1. The third-order valence-electron chi connectivity index (χ3n) is 0. The van der Waals surface area contributed by atoms with Gasteiger partial charge in [-0.2, -0.15) is 0 Å². The minimum Gasteiger partial charge on any atom is -1.00 e. The first-order chi connectivity index (χ1) is 2.00. The standard InChI is InChI=1S/K.H3O4P.H4Si.H/c;1-5(2,3)4;;/h;(H3,1,2,3,4);1H4;/q+1;;;-1. The minimum absolute atomic E-state index is 0. The van der Waals surface area contributed by atoms with Crippen molar-refractivity contribution in [1.29, 1.82) is 0 Å². The molecule has 0 aromatic carbocycles. The number of phosphoric acid groups is 1. The molecule has 0 heterocycles. The molecule has 0 aromatic heterocycles. The summed E-state index contributed by atoms with van der Waals surface area (Å²) in [6.45, 7) is 0. The molecule has 0 atom stereocenters. The van der Waals surface area contributed by atoms with Crippen LogP contribution in [0.15, 0.2) is 0 Å². The van der Waals surface area contributed by atoms with Crippen LogP contribution in [-0.4, -0.2) is 25.6 Å². The van der Waals surface area contributed by atoms with E-state index < -0.39 is 7.82 Å². The van der Waals surface area contributed by atoms with E-state index in [4.69, 9.17) is 19.2 Å². The fourth-order valence-electron chi connectivity index (χ4n) is 0. The van der Waals surface area contributed by atoms with Gasteiger partial charge >= 0.3 is 59.2 Å². The Bertz CT molecular complexity index is 62.2. The van der Waals surface area contributed by atoms with Crippen molar-refractivity contribution in [3.8, 4) is 0 Å². The molecule has 0 aliphatic carbocycles. The summed E-state index contributed by atoms with van der Waals surface area (Å²) in [5.74, 6) is 0. The molecule has 0 fully saturated rings. The second kappa shape index (κ2) is 6.09. The van der Waals surface area contributed by atoms with E-state index >= 15 is 0 Å². The monoisotopic (exact) mass is 170 g/mol. The zero-order chi connectivity index (χ0) is 4.50. The molecule has 0 unspecified atom stereocenters. The van der Waals surface area contributed by atoms with Gasteiger partial charge in [-0.3, -0.25) is 0 Å². The van der Waals surface area contributed by atoms with E-state index in [0.717, 1.165) is 0 Å². The maximum Gasteiger partial charge on any atom is 1.00 e. The van der Waals surface area contributed by atoms with Gasteiger partial charge in [0, 0.05) is 0 Å². The Morgan fingerprint density at radius 3 is 1.29 bits per heavy atom. The average Bonchev–Trinajstić information content (AvgIpc) is 0.722. The Morgan fingerprint density at radius 1 is 1.29 bits per heavy atom. The second-order valence-corrected chi connectivity index (χ2v) is 1.54. The molecular formula is H8KO4PSi. The van der Waals surface area contributed by atoms with Crippen LogP contribution < -0.4 is 51.4 Å². The Labute approximate surface area is 89.5 Å². The van der Waals surface area contributed by atoms with Crippen LogP contribution in [-0.2, 0) is 4.57 Å². The molecule has 0 saturated carbocycles. The second-order valence-electron chi connectivity index (χ2n) is 0.513. The molecule has 0 spiro atoms. The SMILES string of the molecule is O=P(O)(O)O.[H-].[K+].[SiH4]. The first kappa shape index (κ1) is 16.0. The van der Waals surface area contributed by atoms with Crippen LogP contribution in [0.25, 0.3) is 0 Å². The summed E-state index contributed by atoms with van der Waals surface area (Å²) in [7, 11) is -4.64. The summed E-state index contributed by atoms with van der Waals surface area (Å²) in [5, 5.41) is 0. The normalized spacial score (nSPS) is 8.43. The van der Waals surface area contributed by atoms with Gasteiger partial charge in [0.2, 0.25) is 0 Å². The van der Waals surface area contributed by atoms with E-state index in [1.54, 1.807) is 0 Å². The van der Waals surface area contributed by atoms with Crippen LogP contribution in [0.5, 0.6) is 0 Å². The molecule has 7 heavy (non-hydrogen) atoms. The Hall–Kier alpha value is 1.96. The van der Waals surface area contributed by atoms with Crippen molar-refractivity contribution in [1.82, 2.24) is 0 Å². The van der Waals surface area contributed by atoms with Gasteiger partial charge in [0.15, 0.2) is 0 Å². The first-order valence-electron chi connectivity index (χ1n) is 0.783. The van der Waals surface area contributed by atoms with E-state index in [9.17, 15) is 0 Å². The summed E-state index contributed by atoms with van der Waals surface area (Å²) in [5.41, 5.74) is 0. The predicted octanol–water partition coefficient (Wildman–Crippen LogP) is -5.26. The van der Waals surface area contributed by atoms with E-state index in [1.807, 2.05) is 0 Å². The van der Waals surface area contributed by atoms with E-state index in [2.05, 4.69) is 0 Å². The molecule has 42 valence electrons. The van der Waals surface area contributed by atoms with Crippen molar-refractivity contribution in [3.05, 3.63) is 0 Å². The summed E-state index contributed by atoms with van der Waals surface area (Å²) in [6, 6.07) is 0. The molecule has 0 aliphatic heterocycles. The maximum absolute atomic E-state index is 8.88. The molecule has 0 radical (unpaired) electrons. The van der Waals surface area contributed by atoms with E-state index in [1.165, 1.54) is 0 Å². The largest absolute Gasteiger partial charge is 1.00 e. The Morgan fingerprint density at radius 2 is 1.29 bits per heavy atom. The fraction of sp³-hybridized carbons (Fsp3) is 0. The van der Waals surface area contributed by atoms with Gasteiger partial charge in [0.25, 0.3) is 0 Å². The van der Waals surface area contributed by atoms with Gasteiger partial charge in [-0.1, -0.05) is 0 Å². The maximum atomic E-state index is 8.88. The van der Waals surface area contributed by atoms with Gasteiger partial charge < -0.3 is 16.1 Å². The van der Waals surface area contributed by atoms with Crippen LogP contribution in [0.2, 0.25) is 0 Å². The van der Waals surface area contributed by atoms with Gasteiger partial charge in [-0.15, -0.1) is 0 Å². The van der Waals surface area contributed by atoms with Gasteiger partial charge in [0.1, 0.15) is 0 Å². The van der Waals surface area contributed by atoms with Crippen molar-refractivity contribution in [2.24, 2.45) is 0 Å². The van der Waals surface area contributed by atoms with Crippen molar-refractivity contribution < 1.29 is 72.1 Å². The summed E-state index contributed by atoms with van der Waals surface area (Å²) in [4.78, 5) is 21.6. The smallest absolute Gasteiger partial charge is 1.00 e. The van der Waals surface area contributed by atoms with Gasteiger partial charge in [0.05, 0.1) is 0 Å². The first-order valence-corrected chi connectivity index (χ1v) is 2.35. The van der Waals surface area contributed by atoms with Crippen molar-refractivity contribution in [2.75, 3.05) is 0 Å². The van der Waals surface area contributed by atoms with Crippen molar-refractivity contribution in [2.45, 2.75) is 0 Å². The van der Waals surface area contributed by atoms with Crippen molar-refractivity contribution >= 4 is 18.8 Å². The summed E-state index contributed by atoms with van der Waals surface area (Å²) >= 11 is 0. The molecule has 0 saturated heterocycles. The van der Waals surface area contributed by atoms with Crippen LogP contribution >= 0.6 is 7.82 Å². The summed E-state index contributed by atoms with van der Waals surface area (Å²) in [6.07, 6.45) is 0. The zero-order valence-electron chi connectivity index (χ0n) is 4.20. The minimum atomic E-state index is -4.64. The van der Waals surface area contributed by atoms with Crippen LogP contribution in [0.3, 0.4) is 0 Å². The molecular weight excluding hydrogens is 162 g/mol. The van der Waals surface area contributed by atoms with Crippen molar-refractivity contribution in [3.63, 3.8) is 0 Å².